The summed E-state index contributed by atoms with van der Waals surface area (Å²) in [5.74, 6) is 0.601. The van der Waals surface area contributed by atoms with Crippen molar-refractivity contribution in [3.8, 4) is 0 Å². The molecule has 23 heavy (non-hydrogen) atoms. The second-order valence-corrected chi connectivity index (χ2v) is 7.69. The number of aromatic nitrogens is 1. The van der Waals surface area contributed by atoms with Gasteiger partial charge in [0.25, 0.3) is 5.56 Å². The van der Waals surface area contributed by atoms with Crippen molar-refractivity contribution in [3.05, 3.63) is 33.6 Å². The Balaban J connectivity index is 1.45. The zero-order valence-electron chi connectivity index (χ0n) is 12.7. The number of halogens is 1. The number of fused-ring (bicyclic) bond motifs is 1. The largest absolute Gasteiger partial charge is 0.340 e. The van der Waals surface area contributed by atoms with E-state index in [0.717, 1.165) is 43.7 Å². The maximum Gasteiger partial charge on any atom is 0.269 e. The van der Waals surface area contributed by atoms with Crippen LogP contribution in [0.25, 0.3) is 10.1 Å². The van der Waals surface area contributed by atoms with Gasteiger partial charge in [0.05, 0.1) is 21.8 Å². The van der Waals surface area contributed by atoms with Crippen LogP contribution in [0.2, 0.25) is 5.02 Å². The molecule has 1 saturated heterocycles. The Bertz CT molecular complexity index is 803. The second-order valence-electron chi connectivity index (χ2n) is 6.25. The summed E-state index contributed by atoms with van der Waals surface area (Å²) in [6.07, 6.45) is 2.11. The maximum atomic E-state index is 12.4. The molecule has 0 atom stereocenters. The average molecular weight is 352 g/mol. The van der Waals surface area contributed by atoms with Crippen molar-refractivity contribution in [3.63, 3.8) is 0 Å². The monoisotopic (exact) mass is 351 g/mol. The first kappa shape index (κ1) is 15.2. The number of nitrogens with zero attached hydrogens (tertiary/aromatic N) is 3. The summed E-state index contributed by atoms with van der Waals surface area (Å²) in [6, 6.07) is 5.45. The van der Waals surface area contributed by atoms with Crippen LogP contribution in [-0.4, -0.2) is 45.8 Å². The van der Waals surface area contributed by atoms with Gasteiger partial charge in [0.1, 0.15) is 0 Å². The van der Waals surface area contributed by atoms with Gasteiger partial charge in [0.15, 0.2) is 0 Å². The van der Waals surface area contributed by atoms with Crippen LogP contribution in [0.4, 0.5) is 0 Å². The van der Waals surface area contributed by atoms with E-state index in [2.05, 4.69) is 4.90 Å². The normalized spacial score (nSPS) is 19.4. The van der Waals surface area contributed by atoms with Gasteiger partial charge in [0, 0.05) is 32.1 Å². The first-order valence-electron chi connectivity index (χ1n) is 7.93. The number of amides is 1. The first-order valence-corrected chi connectivity index (χ1v) is 9.08. The van der Waals surface area contributed by atoms with E-state index < -0.39 is 0 Å². The van der Waals surface area contributed by atoms with Crippen molar-refractivity contribution >= 4 is 39.1 Å². The Hall–Kier alpha value is -1.37. The smallest absolute Gasteiger partial charge is 0.269 e. The predicted molar refractivity (Wildman–Crippen MR) is 92.0 cm³/mol. The van der Waals surface area contributed by atoms with Gasteiger partial charge in [-0.1, -0.05) is 29.2 Å². The van der Waals surface area contributed by atoms with E-state index in [0.29, 0.717) is 23.0 Å². The SMILES string of the molecule is O=C(C1CC1)N1CCN(Cn2sc3c(Cl)cccc3c2=O)CC1. The van der Waals surface area contributed by atoms with E-state index in [9.17, 15) is 9.59 Å². The van der Waals surface area contributed by atoms with Crippen molar-refractivity contribution in [2.75, 3.05) is 26.2 Å². The van der Waals surface area contributed by atoms with Gasteiger partial charge in [-0.25, -0.2) is 3.96 Å². The Morgan fingerprint density at radius 3 is 2.61 bits per heavy atom. The third-order valence-electron chi connectivity index (χ3n) is 4.56. The highest BCUT2D eigenvalue weighted by atomic mass is 35.5. The highest BCUT2D eigenvalue weighted by Crippen LogP contribution is 2.31. The number of carbonyl (C=O) groups is 1. The van der Waals surface area contributed by atoms with E-state index in [1.54, 1.807) is 3.96 Å². The van der Waals surface area contributed by atoms with E-state index in [1.807, 2.05) is 23.1 Å². The average Bonchev–Trinajstić information content (AvgIpc) is 3.36. The molecule has 2 aromatic rings. The number of hydrogen-bond donors (Lipinski definition) is 0. The molecule has 1 aliphatic carbocycles. The number of piperazine rings is 1. The lowest BCUT2D eigenvalue weighted by molar-refractivity contribution is -0.134. The van der Waals surface area contributed by atoms with Crippen LogP contribution in [0, 0.1) is 5.92 Å². The number of carbonyl (C=O) groups excluding carboxylic acids is 1. The Labute approximate surface area is 143 Å². The van der Waals surface area contributed by atoms with Crippen molar-refractivity contribution in [1.29, 1.82) is 0 Å². The number of benzene rings is 1. The van der Waals surface area contributed by atoms with Gasteiger partial charge < -0.3 is 4.90 Å². The van der Waals surface area contributed by atoms with E-state index in [4.69, 9.17) is 11.6 Å². The molecule has 1 saturated carbocycles. The minimum atomic E-state index is 0.0176. The number of rotatable bonds is 3. The lowest BCUT2D eigenvalue weighted by atomic mass is 10.2. The van der Waals surface area contributed by atoms with Crippen LogP contribution in [0.1, 0.15) is 12.8 Å². The molecular formula is C16H18ClN3O2S. The molecule has 0 spiro atoms. The van der Waals surface area contributed by atoms with Crippen LogP contribution in [0.3, 0.4) is 0 Å². The molecule has 1 aromatic carbocycles. The molecule has 0 N–H and O–H groups in total. The second kappa shape index (κ2) is 5.92. The van der Waals surface area contributed by atoms with Gasteiger partial charge in [0.2, 0.25) is 5.91 Å². The lowest BCUT2D eigenvalue weighted by Crippen LogP contribution is -2.49. The summed E-state index contributed by atoms with van der Waals surface area (Å²) >= 11 is 7.59. The van der Waals surface area contributed by atoms with Crippen molar-refractivity contribution in [1.82, 2.24) is 13.8 Å². The number of hydrogen-bond acceptors (Lipinski definition) is 4. The summed E-state index contributed by atoms with van der Waals surface area (Å²) in [5, 5.41) is 1.31. The van der Waals surface area contributed by atoms with E-state index >= 15 is 0 Å². The summed E-state index contributed by atoms with van der Waals surface area (Å²) in [5.41, 5.74) is 0.0176. The quantitative estimate of drug-likeness (QED) is 0.851. The minimum absolute atomic E-state index is 0.0176. The van der Waals surface area contributed by atoms with Gasteiger partial charge in [-0.2, -0.15) is 0 Å². The molecule has 2 heterocycles. The van der Waals surface area contributed by atoms with E-state index in [1.165, 1.54) is 11.5 Å². The molecule has 4 rings (SSSR count). The third-order valence-corrected chi connectivity index (χ3v) is 6.12. The molecule has 0 bridgehead atoms. The van der Waals surface area contributed by atoms with Gasteiger partial charge in [-0.3, -0.25) is 14.5 Å². The molecule has 1 aliphatic heterocycles. The van der Waals surface area contributed by atoms with Crippen molar-refractivity contribution < 1.29 is 4.79 Å². The molecular weight excluding hydrogens is 334 g/mol. The minimum Gasteiger partial charge on any atom is -0.340 e. The van der Waals surface area contributed by atoms with Crippen LogP contribution in [0.15, 0.2) is 23.0 Å². The Kier molecular flexibility index (Phi) is 3.91. The van der Waals surface area contributed by atoms with E-state index in [-0.39, 0.29) is 11.5 Å². The molecule has 5 nitrogen and oxygen atoms in total. The molecule has 0 unspecified atom stereocenters. The predicted octanol–water partition coefficient (Wildman–Crippen LogP) is 2.23. The van der Waals surface area contributed by atoms with Gasteiger partial charge in [-0.15, -0.1) is 0 Å². The molecule has 122 valence electrons. The highest BCUT2D eigenvalue weighted by Gasteiger charge is 2.34. The fourth-order valence-electron chi connectivity index (χ4n) is 3.03. The first-order chi connectivity index (χ1) is 11.1. The van der Waals surface area contributed by atoms with Crippen molar-refractivity contribution in [2.24, 2.45) is 5.92 Å². The molecule has 1 aromatic heterocycles. The van der Waals surface area contributed by atoms with Gasteiger partial charge >= 0.3 is 0 Å². The highest BCUT2D eigenvalue weighted by molar-refractivity contribution is 7.14. The summed E-state index contributed by atoms with van der Waals surface area (Å²) in [7, 11) is 0. The van der Waals surface area contributed by atoms with Crippen molar-refractivity contribution in [2.45, 2.75) is 19.5 Å². The summed E-state index contributed by atoms with van der Waals surface area (Å²) < 4.78 is 2.61. The van der Waals surface area contributed by atoms with Crippen LogP contribution >= 0.6 is 23.1 Å². The molecule has 7 heteroatoms. The Morgan fingerprint density at radius 2 is 1.96 bits per heavy atom. The third kappa shape index (κ3) is 2.91. The topological polar surface area (TPSA) is 45.6 Å². The lowest BCUT2D eigenvalue weighted by Gasteiger charge is -2.34. The zero-order valence-corrected chi connectivity index (χ0v) is 14.3. The van der Waals surface area contributed by atoms with Gasteiger partial charge in [-0.05, 0) is 25.0 Å². The molecule has 2 fully saturated rings. The maximum absolute atomic E-state index is 12.4. The zero-order chi connectivity index (χ0) is 16.0. The molecule has 0 radical (unpaired) electrons. The summed E-state index contributed by atoms with van der Waals surface area (Å²) in [6.45, 7) is 3.71. The Morgan fingerprint density at radius 1 is 1.22 bits per heavy atom. The van der Waals surface area contributed by atoms with Crippen LogP contribution < -0.4 is 5.56 Å². The molecule has 2 aliphatic rings. The fraction of sp³-hybridized carbons (Fsp3) is 0.500. The molecule has 1 amide bonds. The van der Waals surface area contributed by atoms with Crippen LogP contribution in [-0.2, 0) is 11.5 Å². The standard InChI is InChI=1S/C16H18ClN3O2S/c17-13-3-1-2-12-14(13)23-20(16(12)22)10-18-6-8-19(9-7-18)15(21)11-4-5-11/h1-3,11H,4-10H2. The fourth-order valence-corrected chi connectivity index (χ4v) is 4.34. The summed E-state index contributed by atoms with van der Waals surface area (Å²) in [4.78, 5) is 28.7. The van der Waals surface area contributed by atoms with Crippen LogP contribution in [0.5, 0.6) is 0 Å².